The molecule has 3 aromatic rings. The maximum absolute atomic E-state index is 14.5. The second kappa shape index (κ2) is 14.0. The lowest BCUT2D eigenvalue weighted by molar-refractivity contribution is -0.138. The Morgan fingerprint density at radius 2 is 1.65 bits per heavy atom. The summed E-state index contributed by atoms with van der Waals surface area (Å²) in [5, 5.41) is 9.52. The highest BCUT2D eigenvalue weighted by Gasteiger charge is 2.76. The summed E-state index contributed by atoms with van der Waals surface area (Å²) in [5.41, 5.74) is 3.09. The lowest BCUT2D eigenvalue weighted by atomic mass is 9.56. The molecule has 0 aromatic heterocycles. The van der Waals surface area contributed by atoms with Crippen LogP contribution in [0.5, 0.6) is 17.2 Å². The van der Waals surface area contributed by atoms with E-state index in [-0.39, 0.29) is 37.4 Å². The van der Waals surface area contributed by atoms with Gasteiger partial charge < -0.3 is 19.3 Å². The van der Waals surface area contributed by atoms with E-state index in [4.69, 9.17) is 37.4 Å². The van der Waals surface area contributed by atoms with Crippen LogP contribution in [-0.4, -0.2) is 76.3 Å². The molecule has 13 heteroatoms. The van der Waals surface area contributed by atoms with Gasteiger partial charge in [0.1, 0.15) is 23.9 Å². The summed E-state index contributed by atoms with van der Waals surface area (Å²) in [7, 11) is 3.19. The van der Waals surface area contributed by atoms with Crippen molar-refractivity contribution < 1.29 is 38.5 Å². The van der Waals surface area contributed by atoms with Crippen molar-refractivity contribution in [1.29, 1.82) is 0 Å². The number of carbonyl (C=O) groups is 4. The molecule has 2 aliphatic carbocycles. The number of para-hydroxylation sites is 1. The van der Waals surface area contributed by atoms with E-state index in [1.54, 1.807) is 50.6 Å². The quantitative estimate of drug-likeness (QED) is 0.0850. The van der Waals surface area contributed by atoms with Crippen LogP contribution in [0.2, 0.25) is 0 Å². The van der Waals surface area contributed by atoms with Crippen LogP contribution in [0.15, 0.2) is 78.4 Å². The number of hydrogen-bond donors (Lipinski definition) is 1. The van der Waals surface area contributed by atoms with E-state index >= 15 is 0 Å². The molecular formula is C39H35BrCl2N2O8. The molecule has 10 nitrogen and oxygen atoms in total. The van der Waals surface area contributed by atoms with Gasteiger partial charge in [0.2, 0.25) is 11.8 Å². The highest BCUT2D eigenvalue weighted by Crippen LogP contribution is 2.66. The summed E-state index contributed by atoms with van der Waals surface area (Å²) >= 11 is 18.0. The second-order valence-corrected chi connectivity index (χ2v) is 14.9. The van der Waals surface area contributed by atoms with E-state index in [0.29, 0.717) is 34.1 Å². The lowest BCUT2D eigenvalue weighted by Gasteiger charge is -2.51. The SMILES string of the molecule is COc1ccc(OC)c(C=Cc2ccc(N3C(=O)C4CC=C5C(CC6(Cl)C(=O)N(CBr)C(=O)C6(Cl)C5c5ccccc5OCCO)C4C3=O)cc2)c1. The van der Waals surface area contributed by atoms with Crippen LogP contribution >= 0.6 is 39.1 Å². The number of aliphatic hydroxyl groups excluding tert-OH is 1. The molecule has 0 bridgehead atoms. The van der Waals surface area contributed by atoms with E-state index in [1.807, 2.05) is 48.6 Å². The molecule has 6 unspecified atom stereocenters. The molecule has 0 radical (unpaired) electrons. The molecule has 0 spiro atoms. The Balaban J connectivity index is 1.24. The minimum absolute atomic E-state index is 0.0235. The minimum atomic E-state index is -1.96. The van der Waals surface area contributed by atoms with Crippen molar-refractivity contribution >= 4 is 80.6 Å². The normalized spacial score (nSPS) is 28.2. The maximum Gasteiger partial charge on any atom is 0.254 e. The van der Waals surface area contributed by atoms with Crippen molar-refractivity contribution in [2.45, 2.75) is 28.5 Å². The van der Waals surface area contributed by atoms with Gasteiger partial charge in [0.25, 0.3) is 11.8 Å². The average molecular weight is 811 g/mol. The number of allylic oxidation sites excluding steroid dienone is 2. The van der Waals surface area contributed by atoms with Crippen LogP contribution in [0.1, 0.15) is 35.4 Å². The molecular weight excluding hydrogens is 775 g/mol. The van der Waals surface area contributed by atoms with Gasteiger partial charge >= 0.3 is 0 Å². The molecule has 2 heterocycles. The van der Waals surface area contributed by atoms with Crippen LogP contribution in [-0.2, 0) is 19.2 Å². The third-order valence-electron chi connectivity index (χ3n) is 10.6. The van der Waals surface area contributed by atoms with Crippen LogP contribution in [0.3, 0.4) is 0 Å². The van der Waals surface area contributed by atoms with Gasteiger partial charge in [0, 0.05) is 17.0 Å². The Bertz CT molecular complexity index is 2020. The van der Waals surface area contributed by atoms with E-state index < -0.39 is 51.1 Å². The molecule has 1 N–H and O–H groups in total. The summed E-state index contributed by atoms with van der Waals surface area (Å²) in [4.78, 5) is 54.9. The first-order valence-corrected chi connectivity index (χ1v) is 18.6. The van der Waals surface area contributed by atoms with E-state index in [1.165, 1.54) is 4.90 Å². The molecule has 3 fully saturated rings. The summed E-state index contributed by atoms with van der Waals surface area (Å²) < 4.78 is 16.7. The first kappa shape index (κ1) is 36.2. The number of fused-ring (bicyclic) bond motifs is 4. The predicted octanol–water partition coefficient (Wildman–Crippen LogP) is 6.16. The maximum atomic E-state index is 14.5. The topological polar surface area (TPSA) is 123 Å². The van der Waals surface area contributed by atoms with Crippen LogP contribution in [0.25, 0.3) is 12.2 Å². The minimum Gasteiger partial charge on any atom is -0.497 e. The van der Waals surface area contributed by atoms with Crippen molar-refractivity contribution in [3.63, 3.8) is 0 Å². The summed E-state index contributed by atoms with van der Waals surface area (Å²) in [6.45, 7) is -0.278. The lowest BCUT2D eigenvalue weighted by Crippen LogP contribution is -2.60. The number of methoxy groups -OCH3 is 2. The number of imide groups is 2. The zero-order valence-electron chi connectivity index (χ0n) is 28.3. The molecule has 3 aromatic carbocycles. The number of rotatable bonds is 10. The van der Waals surface area contributed by atoms with Gasteiger partial charge in [0.05, 0.1) is 43.8 Å². The first-order chi connectivity index (χ1) is 25.0. The molecule has 4 amide bonds. The van der Waals surface area contributed by atoms with Crippen LogP contribution in [0.4, 0.5) is 5.69 Å². The van der Waals surface area contributed by atoms with Crippen LogP contribution < -0.4 is 19.1 Å². The van der Waals surface area contributed by atoms with Crippen LogP contribution in [0, 0.1) is 17.8 Å². The summed E-state index contributed by atoms with van der Waals surface area (Å²) in [5.74, 6) is -3.59. The number of aliphatic hydroxyl groups is 1. The summed E-state index contributed by atoms with van der Waals surface area (Å²) in [6, 6.07) is 19.5. The number of amides is 4. The van der Waals surface area contributed by atoms with Crippen molar-refractivity contribution in [3.05, 3.63) is 95.1 Å². The predicted molar refractivity (Wildman–Crippen MR) is 200 cm³/mol. The largest absolute Gasteiger partial charge is 0.497 e. The van der Waals surface area contributed by atoms with Crippen molar-refractivity contribution in [3.8, 4) is 17.2 Å². The monoisotopic (exact) mass is 808 g/mol. The number of nitrogens with zero attached hydrogens (tertiary/aromatic N) is 2. The average Bonchev–Trinajstić information content (AvgIpc) is 3.50. The van der Waals surface area contributed by atoms with Gasteiger partial charge in [-0.25, -0.2) is 0 Å². The van der Waals surface area contributed by atoms with Gasteiger partial charge in [-0.2, -0.15) is 0 Å². The third kappa shape index (κ3) is 5.47. The van der Waals surface area contributed by atoms with Gasteiger partial charge in [-0.15, -0.1) is 23.2 Å². The molecule has 7 rings (SSSR count). The van der Waals surface area contributed by atoms with Crippen molar-refractivity contribution in [1.82, 2.24) is 4.90 Å². The number of benzene rings is 3. The number of anilines is 1. The number of alkyl halides is 3. The van der Waals surface area contributed by atoms with Gasteiger partial charge in [-0.05, 0) is 60.7 Å². The fraction of sp³-hybridized carbons (Fsp3) is 0.333. The third-order valence-corrected chi connectivity index (χ3v) is 12.6. The van der Waals surface area contributed by atoms with E-state index in [9.17, 15) is 24.3 Å². The molecule has 1 saturated carbocycles. The number of carbonyl (C=O) groups excluding carboxylic acids is 4. The van der Waals surface area contributed by atoms with Gasteiger partial charge in [-0.3, -0.25) is 29.0 Å². The molecule has 6 atom stereocenters. The fourth-order valence-corrected chi connectivity index (χ4v) is 9.67. The Kier molecular flexibility index (Phi) is 9.75. The van der Waals surface area contributed by atoms with Gasteiger partial charge in [0.15, 0.2) is 9.75 Å². The first-order valence-electron chi connectivity index (χ1n) is 16.7. The highest BCUT2D eigenvalue weighted by atomic mass is 79.9. The number of likely N-dealkylation sites (tertiary alicyclic amines) is 1. The number of hydrogen-bond acceptors (Lipinski definition) is 8. The Morgan fingerprint density at radius 3 is 2.35 bits per heavy atom. The van der Waals surface area contributed by atoms with Crippen molar-refractivity contribution in [2.75, 3.05) is 37.8 Å². The molecule has 2 aliphatic heterocycles. The zero-order valence-corrected chi connectivity index (χ0v) is 31.4. The fourth-order valence-electron chi connectivity index (χ4n) is 8.25. The standard InChI is InChI=1S/C39H35BrCl2N2O8/c1-50-25-13-16-30(51-2)23(19-25)10-7-22-8-11-24(12-9-22)44-34(46)28-15-14-26-29(32(28)35(44)47)20-38(41)36(48)43(21-40)37(49)39(38,42)33(26)27-5-3-4-6-31(27)52-18-17-45/h3-14,16,19,28-29,32-33,45H,15,17-18,20-21H2,1-2H3. The summed E-state index contributed by atoms with van der Waals surface area (Å²) in [6.07, 6.45) is 5.76. The second-order valence-electron chi connectivity index (χ2n) is 13.1. The Morgan fingerprint density at radius 1 is 0.904 bits per heavy atom. The Labute approximate surface area is 319 Å². The number of ether oxygens (including phenoxy) is 3. The Hall–Kier alpha value is -4.16. The van der Waals surface area contributed by atoms with E-state index in [2.05, 4.69) is 15.9 Å². The molecule has 2 saturated heterocycles. The highest BCUT2D eigenvalue weighted by molar-refractivity contribution is 9.09. The van der Waals surface area contributed by atoms with Crippen molar-refractivity contribution in [2.24, 2.45) is 17.8 Å². The molecule has 270 valence electrons. The van der Waals surface area contributed by atoms with Gasteiger partial charge in [-0.1, -0.05) is 70.1 Å². The molecule has 4 aliphatic rings. The smallest absolute Gasteiger partial charge is 0.254 e. The van der Waals surface area contributed by atoms with E-state index in [0.717, 1.165) is 16.0 Å². The number of halogens is 3. The zero-order chi connectivity index (χ0) is 36.9. The molecule has 52 heavy (non-hydrogen) atoms.